The molecule has 4 heteroatoms. The van der Waals surface area contributed by atoms with Gasteiger partial charge in [-0.3, -0.25) is 4.79 Å². The maximum absolute atomic E-state index is 13.1. The van der Waals surface area contributed by atoms with Crippen LogP contribution in [0.2, 0.25) is 0 Å². The van der Waals surface area contributed by atoms with Crippen molar-refractivity contribution in [3.8, 4) is 0 Å². The van der Waals surface area contributed by atoms with Gasteiger partial charge in [0.05, 0.1) is 11.0 Å². The molecule has 28 heavy (non-hydrogen) atoms. The van der Waals surface area contributed by atoms with Crippen molar-refractivity contribution in [3.05, 3.63) is 71.3 Å². The molecule has 1 N–H and O–H groups in total. The van der Waals surface area contributed by atoms with E-state index in [0.29, 0.717) is 17.4 Å². The molecule has 0 spiro atoms. The minimum atomic E-state index is -0.861. The summed E-state index contributed by atoms with van der Waals surface area (Å²) >= 11 is 0. The average molecular weight is 377 g/mol. The molecule has 1 aliphatic carbocycles. The molecule has 0 bridgehead atoms. The van der Waals surface area contributed by atoms with Crippen LogP contribution in [-0.2, 0) is 17.6 Å². The number of amides is 1. The zero-order chi connectivity index (χ0) is 19.6. The van der Waals surface area contributed by atoms with Crippen molar-refractivity contribution in [2.75, 3.05) is 13.1 Å². The number of carboxylic acid groups (broad SMARTS) is 1. The number of likely N-dealkylation sites (tertiary alicyclic amines) is 1. The molecular formula is C24H27NO3. The van der Waals surface area contributed by atoms with Crippen LogP contribution in [0.15, 0.2) is 54.6 Å². The fourth-order valence-corrected chi connectivity index (χ4v) is 4.50. The van der Waals surface area contributed by atoms with Gasteiger partial charge in [-0.2, -0.15) is 0 Å². The monoisotopic (exact) mass is 377 g/mol. The van der Waals surface area contributed by atoms with Crippen LogP contribution in [0.4, 0.5) is 0 Å². The van der Waals surface area contributed by atoms with Gasteiger partial charge in [-0.15, -0.1) is 0 Å². The highest BCUT2D eigenvalue weighted by atomic mass is 16.4. The molecule has 0 aromatic heterocycles. The molecule has 2 aromatic carbocycles. The summed E-state index contributed by atoms with van der Waals surface area (Å²) in [6, 6.07) is 17.6. The van der Waals surface area contributed by atoms with Gasteiger partial charge in [0.25, 0.3) is 0 Å². The predicted molar refractivity (Wildman–Crippen MR) is 108 cm³/mol. The summed E-state index contributed by atoms with van der Waals surface area (Å²) in [5.41, 5.74) is 2.38. The number of carboxylic acids is 1. The third-order valence-electron chi connectivity index (χ3n) is 6.35. The van der Waals surface area contributed by atoms with E-state index in [4.69, 9.17) is 0 Å². The SMILES string of the molecule is O=C(O)c1ccccc1CC1CCN(C(=O)C2(Cc3ccccc3)CC2)CC1. The number of rotatable bonds is 6. The third kappa shape index (κ3) is 3.96. The predicted octanol–water partition coefficient (Wildman–Crippen LogP) is 4.19. The van der Waals surface area contributed by atoms with E-state index >= 15 is 0 Å². The zero-order valence-corrected chi connectivity index (χ0v) is 16.1. The summed E-state index contributed by atoms with van der Waals surface area (Å²) in [5.74, 6) is -0.102. The van der Waals surface area contributed by atoms with E-state index in [9.17, 15) is 14.7 Å². The summed E-state index contributed by atoms with van der Waals surface area (Å²) in [4.78, 5) is 26.6. The number of benzene rings is 2. The molecular weight excluding hydrogens is 350 g/mol. The second-order valence-electron chi connectivity index (χ2n) is 8.34. The number of carbonyl (C=O) groups excluding carboxylic acids is 1. The van der Waals surface area contributed by atoms with Gasteiger partial charge in [0.15, 0.2) is 0 Å². The highest BCUT2D eigenvalue weighted by Gasteiger charge is 2.51. The highest BCUT2D eigenvalue weighted by molar-refractivity contribution is 5.89. The Bertz CT molecular complexity index is 849. The van der Waals surface area contributed by atoms with Crippen molar-refractivity contribution in [2.24, 2.45) is 11.3 Å². The molecule has 1 saturated carbocycles. The highest BCUT2D eigenvalue weighted by Crippen LogP contribution is 2.50. The molecule has 1 heterocycles. The molecule has 146 valence electrons. The van der Waals surface area contributed by atoms with Gasteiger partial charge >= 0.3 is 5.97 Å². The molecule has 1 amide bonds. The Morgan fingerprint density at radius 3 is 2.25 bits per heavy atom. The summed E-state index contributed by atoms with van der Waals surface area (Å²) in [5, 5.41) is 9.37. The van der Waals surface area contributed by atoms with Gasteiger partial charge < -0.3 is 10.0 Å². The lowest BCUT2D eigenvalue weighted by atomic mass is 9.87. The second-order valence-corrected chi connectivity index (χ2v) is 8.34. The summed E-state index contributed by atoms with van der Waals surface area (Å²) in [7, 11) is 0. The molecule has 0 radical (unpaired) electrons. The standard InChI is InChI=1S/C24H27NO3/c26-22(27)21-9-5-4-8-20(21)16-18-10-14-25(15-11-18)23(28)24(12-13-24)17-19-6-2-1-3-7-19/h1-9,18H,10-17H2,(H,26,27). The first-order chi connectivity index (χ1) is 13.6. The largest absolute Gasteiger partial charge is 0.478 e. The van der Waals surface area contributed by atoms with Gasteiger partial charge in [0, 0.05) is 13.1 Å². The van der Waals surface area contributed by atoms with Crippen LogP contribution in [0.5, 0.6) is 0 Å². The Hall–Kier alpha value is -2.62. The van der Waals surface area contributed by atoms with Crippen LogP contribution < -0.4 is 0 Å². The van der Waals surface area contributed by atoms with E-state index in [1.807, 2.05) is 30.3 Å². The Kier molecular flexibility index (Phi) is 5.21. The summed E-state index contributed by atoms with van der Waals surface area (Å²) in [6.45, 7) is 1.57. The Morgan fingerprint density at radius 1 is 0.964 bits per heavy atom. The second kappa shape index (κ2) is 7.78. The smallest absolute Gasteiger partial charge is 0.335 e. The van der Waals surface area contributed by atoms with E-state index < -0.39 is 5.97 Å². The first-order valence-corrected chi connectivity index (χ1v) is 10.2. The van der Waals surface area contributed by atoms with Gasteiger partial charge in [-0.05, 0) is 61.6 Å². The van der Waals surface area contributed by atoms with E-state index in [1.165, 1.54) is 5.56 Å². The number of aromatic carboxylic acids is 1. The molecule has 1 aliphatic heterocycles. The van der Waals surface area contributed by atoms with Crippen LogP contribution in [0.25, 0.3) is 0 Å². The molecule has 4 nitrogen and oxygen atoms in total. The zero-order valence-electron chi connectivity index (χ0n) is 16.1. The number of piperidine rings is 1. The van der Waals surface area contributed by atoms with E-state index in [-0.39, 0.29) is 5.41 Å². The van der Waals surface area contributed by atoms with E-state index in [1.54, 1.807) is 12.1 Å². The topological polar surface area (TPSA) is 57.6 Å². The van der Waals surface area contributed by atoms with Gasteiger partial charge in [0.1, 0.15) is 0 Å². The third-order valence-corrected chi connectivity index (χ3v) is 6.35. The quantitative estimate of drug-likeness (QED) is 0.821. The van der Waals surface area contributed by atoms with Crippen molar-refractivity contribution >= 4 is 11.9 Å². The molecule has 0 atom stereocenters. The molecule has 1 saturated heterocycles. The fraction of sp³-hybridized carbons (Fsp3) is 0.417. The lowest BCUT2D eigenvalue weighted by Gasteiger charge is -2.34. The van der Waals surface area contributed by atoms with Crippen LogP contribution in [-0.4, -0.2) is 35.0 Å². The molecule has 2 fully saturated rings. The van der Waals surface area contributed by atoms with Crippen LogP contribution in [0.1, 0.15) is 47.2 Å². The van der Waals surface area contributed by atoms with Crippen LogP contribution in [0, 0.1) is 11.3 Å². The van der Waals surface area contributed by atoms with Gasteiger partial charge in [-0.25, -0.2) is 4.79 Å². The van der Waals surface area contributed by atoms with Crippen molar-refractivity contribution in [1.82, 2.24) is 4.90 Å². The molecule has 0 unspecified atom stereocenters. The Labute approximate surface area is 166 Å². The van der Waals surface area contributed by atoms with Crippen molar-refractivity contribution in [2.45, 2.75) is 38.5 Å². The summed E-state index contributed by atoms with van der Waals surface area (Å²) < 4.78 is 0. The number of hydrogen-bond acceptors (Lipinski definition) is 2. The molecule has 2 aromatic rings. The molecule has 4 rings (SSSR count). The van der Waals surface area contributed by atoms with Gasteiger partial charge in [0.2, 0.25) is 5.91 Å². The number of nitrogens with zero attached hydrogens (tertiary/aromatic N) is 1. The van der Waals surface area contributed by atoms with Crippen molar-refractivity contribution in [1.29, 1.82) is 0 Å². The van der Waals surface area contributed by atoms with E-state index in [0.717, 1.165) is 57.2 Å². The fourth-order valence-electron chi connectivity index (χ4n) is 4.50. The van der Waals surface area contributed by atoms with Crippen molar-refractivity contribution in [3.63, 3.8) is 0 Å². The average Bonchev–Trinajstić information content (AvgIpc) is 3.50. The Morgan fingerprint density at radius 2 is 1.61 bits per heavy atom. The van der Waals surface area contributed by atoms with Crippen LogP contribution in [0.3, 0.4) is 0 Å². The molecule has 2 aliphatic rings. The minimum Gasteiger partial charge on any atom is -0.478 e. The van der Waals surface area contributed by atoms with Gasteiger partial charge in [-0.1, -0.05) is 48.5 Å². The number of hydrogen-bond donors (Lipinski definition) is 1. The number of carbonyl (C=O) groups is 2. The van der Waals surface area contributed by atoms with Crippen molar-refractivity contribution < 1.29 is 14.7 Å². The summed E-state index contributed by atoms with van der Waals surface area (Å²) in [6.07, 6.45) is 5.50. The lowest BCUT2D eigenvalue weighted by molar-refractivity contribution is -0.138. The lowest BCUT2D eigenvalue weighted by Crippen LogP contribution is -2.43. The first-order valence-electron chi connectivity index (χ1n) is 10.2. The first kappa shape index (κ1) is 18.7. The van der Waals surface area contributed by atoms with Crippen LogP contribution >= 0.6 is 0 Å². The normalized spacial score (nSPS) is 18.6. The van der Waals surface area contributed by atoms with E-state index in [2.05, 4.69) is 17.0 Å². The Balaban J connectivity index is 1.34. The maximum atomic E-state index is 13.1. The maximum Gasteiger partial charge on any atom is 0.335 e. The minimum absolute atomic E-state index is 0.176.